The first-order chi connectivity index (χ1) is 13.6. The number of halogens is 1. The largest absolute Gasteiger partial charge is 0.383 e. The molecule has 2 rings (SSSR count). The number of hydrogen-bond acceptors (Lipinski definition) is 4. The number of carbonyl (C=O) groups is 1. The zero-order chi connectivity index (χ0) is 20.2. The highest BCUT2D eigenvalue weighted by atomic mass is 127. The van der Waals surface area contributed by atoms with Crippen LogP contribution in [-0.2, 0) is 16.0 Å². The lowest BCUT2D eigenvalue weighted by molar-refractivity contribution is -0.127. The zero-order valence-electron chi connectivity index (χ0n) is 17.9. The first-order valence-corrected chi connectivity index (χ1v) is 10.1. The van der Waals surface area contributed by atoms with Gasteiger partial charge in [-0.05, 0) is 19.0 Å². The Balaban J connectivity index is 0.00000420. The maximum Gasteiger partial charge on any atom is 0.223 e. The predicted molar refractivity (Wildman–Crippen MR) is 129 cm³/mol. The van der Waals surface area contributed by atoms with Gasteiger partial charge in [-0.15, -0.1) is 24.0 Å². The fraction of sp³-hybridized carbons (Fsp3) is 0.619. The van der Waals surface area contributed by atoms with E-state index in [1.807, 2.05) is 23.1 Å². The lowest BCUT2D eigenvalue weighted by Gasteiger charge is -2.19. The van der Waals surface area contributed by atoms with Crippen LogP contribution in [0.25, 0.3) is 0 Å². The molecular weight excluding hydrogens is 481 g/mol. The molecule has 1 aliphatic heterocycles. The molecule has 0 aliphatic carbocycles. The standard InChI is InChI=1S/C21H35N5O2.HI/c1-22-21(23-10-12-25(2)13-14-28-3)24-16-19-15-20(27)26(17-19)11-9-18-7-5-4-6-8-18;/h4-8,19H,9-17H2,1-3H3,(H2,22,23,24);1H. The topological polar surface area (TPSA) is 69.2 Å². The van der Waals surface area contributed by atoms with Crippen molar-refractivity contribution < 1.29 is 9.53 Å². The summed E-state index contributed by atoms with van der Waals surface area (Å²) in [5.74, 6) is 1.37. The highest BCUT2D eigenvalue weighted by Crippen LogP contribution is 2.17. The number of methoxy groups -OCH3 is 1. The van der Waals surface area contributed by atoms with E-state index in [1.54, 1.807) is 14.2 Å². The quantitative estimate of drug-likeness (QED) is 0.264. The molecule has 0 spiro atoms. The van der Waals surface area contributed by atoms with E-state index in [9.17, 15) is 4.79 Å². The van der Waals surface area contributed by atoms with Gasteiger partial charge in [0.1, 0.15) is 0 Å². The number of guanidine groups is 1. The van der Waals surface area contributed by atoms with Crippen molar-refractivity contribution in [1.29, 1.82) is 0 Å². The van der Waals surface area contributed by atoms with E-state index >= 15 is 0 Å². The second-order valence-electron chi connectivity index (χ2n) is 7.32. The molecule has 29 heavy (non-hydrogen) atoms. The number of aliphatic imine (C=N–C) groups is 1. The van der Waals surface area contributed by atoms with Crippen LogP contribution in [0.1, 0.15) is 12.0 Å². The van der Waals surface area contributed by atoms with Gasteiger partial charge >= 0.3 is 0 Å². The molecule has 1 aromatic carbocycles. The normalized spacial score (nSPS) is 16.8. The van der Waals surface area contributed by atoms with Gasteiger partial charge < -0.3 is 25.2 Å². The number of likely N-dealkylation sites (N-methyl/N-ethyl adjacent to an activating group) is 1. The minimum atomic E-state index is 0. The molecule has 0 saturated carbocycles. The summed E-state index contributed by atoms with van der Waals surface area (Å²) in [4.78, 5) is 20.8. The summed E-state index contributed by atoms with van der Waals surface area (Å²) in [7, 11) is 5.56. The summed E-state index contributed by atoms with van der Waals surface area (Å²) in [6.45, 7) is 5.74. The lowest BCUT2D eigenvalue weighted by atomic mass is 10.1. The summed E-state index contributed by atoms with van der Waals surface area (Å²) >= 11 is 0. The molecule has 1 saturated heterocycles. The summed E-state index contributed by atoms with van der Waals surface area (Å²) in [6, 6.07) is 10.3. The number of amides is 1. The third-order valence-corrected chi connectivity index (χ3v) is 5.05. The number of carbonyl (C=O) groups excluding carboxylic acids is 1. The number of likely N-dealkylation sites (tertiary alicyclic amines) is 1. The van der Waals surface area contributed by atoms with Crippen molar-refractivity contribution in [1.82, 2.24) is 20.4 Å². The lowest BCUT2D eigenvalue weighted by Crippen LogP contribution is -2.43. The van der Waals surface area contributed by atoms with E-state index in [-0.39, 0.29) is 29.9 Å². The van der Waals surface area contributed by atoms with Crippen LogP contribution in [0.5, 0.6) is 0 Å². The van der Waals surface area contributed by atoms with Gasteiger partial charge in [-0.1, -0.05) is 30.3 Å². The summed E-state index contributed by atoms with van der Waals surface area (Å²) < 4.78 is 5.09. The Morgan fingerprint density at radius 1 is 1.28 bits per heavy atom. The highest BCUT2D eigenvalue weighted by molar-refractivity contribution is 14.0. The van der Waals surface area contributed by atoms with Crippen molar-refractivity contribution in [2.75, 3.05) is 67.1 Å². The Bertz CT molecular complexity index is 614. The number of ether oxygens (including phenoxy) is 1. The Labute approximate surface area is 192 Å². The molecule has 0 radical (unpaired) electrons. The molecular formula is C21H36IN5O2. The Morgan fingerprint density at radius 3 is 2.72 bits per heavy atom. The third-order valence-electron chi connectivity index (χ3n) is 5.05. The minimum absolute atomic E-state index is 0. The number of nitrogens with zero attached hydrogens (tertiary/aromatic N) is 3. The van der Waals surface area contributed by atoms with E-state index in [4.69, 9.17) is 4.74 Å². The van der Waals surface area contributed by atoms with Crippen LogP contribution in [0.2, 0.25) is 0 Å². The van der Waals surface area contributed by atoms with Crippen molar-refractivity contribution in [2.24, 2.45) is 10.9 Å². The minimum Gasteiger partial charge on any atom is -0.383 e. The smallest absolute Gasteiger partial charge is 0.223 e. The van der Waals surface area contributed by atoms with Gasteiger partial charge in [-0.3, -0.25) is 9.79 Å². The molecule has 1 unspecified atom stereocenters. The van der Waals surface area contributed by atoms with Crippen molar-refractivity contribution >= 4 is 35.8 Å². The third kappa shape index (κ3) is 9.77. The first-order valence-electron chi connectivity index (χ1n) is 10.1. The van der Waals surface area contributed by atoms with Crippen molar-refractivity contribution in [3.8, 4) is 0 Å². The van der Waals surface area contributed by atoms with E-state index in [0.717, 1.165) is 58.3 Å². The van der Waals surface area contributed by atoms with Crippen LogP contribution in [-0.4, -0.2) is 88.7 Å². The van der Waals surface area contributed by atoms with E-state index in [1.165, 1.54) is 5.56 Å². The molecule has 2 N–H and O–H groups in total. The second kappa shape index (κ2) is 14.6. The van der Waals surface area contributed by atoms with Crippen molar-refractivity contribution in [3.05, 3.63) is 35.9 Å². The van der Waals surface area contributed by atoms with Gasteiger partial charge in [0.05, 0.1) is 6.61 Å². The second-order valence-corrected chi connectivity index (χ2v) is 7.32. The number of hydrogen-bond donors (Lipinski definition) is 2. The Morgan fingerprint density at radius 2 is 2.03 bits per heavy atom. The van der Waals surface area contributed by atoms with Crippen LogP contribution >= 0.6 is 24.0 Å². The molecule has 1 amide bonds. The number of nitrogens with one attached hydrogen (secondary N) is 2. The molecule has 1 aliphatic rings. The van der Waals surface area contributed by atoms with Crippen LogP contribution in [0.4, 0.5) is 0 Å². The SMILES string of the molecule is CN=C(NCCN(C)CCOC)NCC1CC(=O)N(CCc2ccccc2)C1.I. The number of benzene rings is 1. The summed E-state index contributed by atoms with van der Waals surface area (Å²) in [5.41, 5.74) is 1.27. The molecule has 8 heteroatoms. The van der Waals surface area contributed by atoms with Gasteiger partial charge in [0, 0.05) is 65.8 Å². The molecule has 7 nitrogen and oxygen atoms in total. The first kappa shape index (κ1) is 25.6. The summed E-state index contributed by atoms with van der Waals surface area (Å²) in [6.07, 6.45) is 1.52. The molecule has 1 heterocycles. The maximum absolute atomic E-state index is 12.3. The van der Waals surface area contributed by atoms with Gasteiger partial charge in [0.2, 0.25) is 5.91 Å². The van der Waals surface area contributed by atoms with E-state index in [0.29, 0.717) is 12.3 Å². The number of rotatable bonds is 11. The monoisotopic (exact) mass is 517 g/mol. The van der Waals surface area contributed by atoms with Gasteiger partial charge in [-0.2, -0.15) is 0 Å². The molecule has 1 atom stereocenters. The Hall–Kier alpha value is -1.39. The van der Waals surface area contributed by atoms with Gasteiger partial charge in [0.15, 0.2) is 5.96 Å². The van der Waals surface area contributed by atoms with Crippen molar-refractivity contribution in [2.45, 2.75) is 12.8 Å². The van der Waals surface area contributed by atoms with Crippen LogP contribution in [0, 0.1) is 5.92 Å². The van der Waals surface area contributed by atoms with Crippen LogP contribution in [0.15, 0.2) is 35.3 Å². The zero-order valence-corrected chi connectivity index (χ0v) is 20.2. The average molecular weight is 517 g/mol. The Kier molecular flexibility index (Phi) is 12.9. The summed E-state index contributed by atoms with van der Waals surface area (Å²) in [5, 5.41) is 6.69. The molecule has 164 valence electrons. The van der Waals surface area contributed by atoms with E-state index < -0.39 is 0 Å². The predicted octanol–water partition coefficient (Wildman–Crippen LogP) is 1.44. The van der Waals surface area contributed by atoms with Crippen molar-refractivity contribution in [3.63, 3.8) is 0 Å². The average Bonchev–Trinajstić information content (AvgIpc) is 3.07. The molecule has 0 bridgehead atoms. The fourth-order valence-electron chi connectivity index (χ4n) is 3.30. The molecule has 1 fully saturated rings. The van der Waals surface area contributed by atoms with Gasteiger partial charge in [-0.25, -0.2) is 0 Å². The fourth-order valence-corrected chi connectivity index (χ4v) is 3.30. The van der Waals surface area contributed by atoms with Crippen LogP contribution < -0.4 is 10.6 Å². The van der Waals surface area contributed by atoms with E-state index in [2.05, 4.69) is 39.7 Å². The molecule has 0 aromatic heterocycles. The highest BCUT2D eigenvalue weighted by Gasteiger charge is 2.29. The molecule has 1 aromatic rings. The van der Waals surface area contributed by atoms with Crippen LogP contribution in [0.3, 0.4) is 0 Å². The van der Waals surface area contributed by atoms with Gasteiger partial charge in [0.25, 0.3) is 0 Å². The maximum atomic E-state index is 12.3.